The molecule has 0 spiro atoms. The van der Waals surface area contributed by atoms with Gasteiger partial charge in [-0.05, 0) is 172 Å². The van der Waals surface area contributed by atoms with Crippen molar-refractivity contribution in [3.8, 4) is 39.9 Å². The quantitative estimate of drug-likeness (QED) is 0.0928. The van der Waals surface area contributed by atoms with Crippen LogP contribution in [0.25, 0.3) is 28.0 Å². The van der Waals surface area contributed by atoms with E-state index in [1.54, 1.807) is 26.4 Å². The van der Waals surface area contributed by atoms with Crippen molar-refractivity contribution in [2.24, 2.45) is 23.2 Å². The highest BCUT2D eigenvalue weighted by atomic mass is 16.6. The molecule has 4 aliphatic rings. The van der Waals surface area contributed by atoms with Crippen LogP contribution in [-0.2, 0) is 44.9 Å². The monoisotopic (exact) mass is 913 g/mol. The van der Waals surface area contributed by atoms with Crippen molar-refractivity contribution in [1.29, 1.82) is 0 Å². The highest BCUT2D eigenvalue weighted by Gasteiger charge is 2.63. The SMILES string of the molecule is CNCc1cccc(-c2cc(O)cc3ccc(CC(=O)O[C@H]4C[C@@H]5c6cc(OC)c(O)cc6C[C@H]6CC[C@H]7c8cc(O)c(OC)cc8C[C@H]([C@H](OC(C)=O)C4)[C@]7(/C=C/c4ccccc4)[C@H]65)cc23)c1. The molecule has 10 rings (SSSR count). The van der Waals surface area contributed by atoms with Gasteiger partial charge >= 0.3 is 11.9 Å². The average molecular weight is 914 g/mol. The fourth-order valence-corrected chi connectivity index (χ4v) is 13.1. The summed E-state index contributed by atoms with van der Waals surface area (Å²) in [5, 5.41) is 38.3. The van der Waals surface area contributed by atoms with Gasteiger partial charge in [-0.25, -0.2) is 0 Å². The van der Waals surface area contributed by atoms with Crippen molar-refractivity contribution in [2.75, 3.05) is 21.3 Å². The van der Waals surface area contributed by atoms with Crippen LogP contribution in [0.5, 0.6) is 28.7 Å². The topological polar surface area (TPSA) is 144 Å². The summed E-state index contributed by atoms with van der Waals surface area (Å²) in [5.41, 5.74) is 8.41. The van der Waals surface area contributed by atoms with Gasteiger partial charge in [0.05, 0.1) is 20.6 Å². The molecule has 10 heteroatoms. The van der Waals surface area contributed by atoms with Crippen molar-refractivity contribution >= 4 is 28.8 Å². The van der Waals surface area contributed by atoms with Gasteiger partial charge in [0, 0.05) is 31.2 Å². The Balaban J connectivity index is 1.09. The summed E-state index contributed by atoms with van der Waals surface area (Å²) in [5.74, 6) is 0.0170. The molecule has 0 bridgehead atoms. The fraction of sp³-hybridized carbons (Fsp3) is 0.345. The van der Waals surface area contributed by atoms with Crippen LogP contribution in [-0.4, -0.2) is 60.7 Å². The normalized spacial score (nSPS) is 24.7. The molecular formula is C58H59NO9. The van der Waals surface area contributed by atoms with Gasteiger partial charge in [0.15, 0.2) is 23.0 Å². The third kappa shape index (κ3) is 8.23. The molecule has 10 nitrogen and oxygen atoms in total. The summed E-state index contributed by atoms with van der Waals surface area (Å²) < 4.78 is 24.7. The molecule has 0 unspecified atom stereocenters. The lowest BCUT2D eigenvalue weighted by molar-refractivity contribution is -0.169. The van der Waals surface area contributed by atoms with Crippen LogP contribution < -0.4 is 14.8 Å². The average Bonchev–Trinajstić information content (AvgIpc) is 3.32. The van der Waals surface area contributed by atoms with Gasteiger partial charge in [0.25, 0.3) is 0 Å². The van der Waals surface area contributed by atoms with Gasteiger partial charge in [-0.1, -0.05) is 72.8 Å². The zero-order chi connectivity index (χ0) is 47.3. The Morgan fingerprint density at radius 1 is 0.765 bits per heavy atom. The molecule has 350 valence electrons. The number of ether oxygens (including phenoxy) is 4. The third-order valence-corrected chi connectivity index (χ3v) is 15.6. The third-order valence-electron chi connectivity index (χ3n) is 15.6. The Kier molecular flexibility index (Phi) is 12.2. The van der Waals surface area contributed by atoms with Gasteiger partial charge in [0.1, 0.15) is 18.0 Å². The maximum Gasteiger partial charge on any atom is 0.310 e. The highest BCUT2D eigenvalue weighted by molar-refractivity contribution is 5.98. The molecule has 6 aromatic rings. The summed E-state index contributed by atoms with van der Waals surface area (Å²) in [6, 6.07) is 35.5. The van der Waals surface area contributed by atoms with Crippen LogP contribution >= 0.6 is 0 Å². The van der Waals surface area contributed by atoms with Crippen molar-refractivity contribution < 1.29 is 43.9 Å². The number of hydrogen-bond acceptors (Lipinski definition) is 10. The van der Waals surface area contributed by atoms with Crippen LogP contribution in [0.15, 0.2) is 115 Å². The first-order valence-electron chi connectivity index (χ1n) is 23.9. The van der Waals surface area contributed by atoms with Crippen LogP contribution in [0.3, 0.4) is 0 Å². The molecule has 2 saturated carbocycles. The minimum atomic E-state index is -0.640. The standard InChI is InChI=1S/C58H59NO9/c1-33(60)67-53-29-43(68-56(64)21-35-13-14-38-23-42(61)27-45(44(38)20-35)37-12-8-11-36(19-37)32-59-2)28-48-46-31-55(66-4)51(62)25-40(46)22-39-15-16-49-47-30-52(63)54(65-3)26-41(47)24-50(53)58(49,57(39)48)18-17-34-9-6-5-7-10-34/h5-14,17-20,23,25-27,30-31,39,43,48-50,53,57,59,61-63H,15-16,21-22,24,28-29,32H2,1-4H3/b18-17+/t39-,43+,48-,49+,50-,53-,57-,58-/m1/s1. The van der Waals surface area contributed by atoms with E-state index in [9.17, 15) is 24.9 Å². The van der Waals surface area contributed by atoms with E-state index in [1.807, 2.05) is 79.8 Å². The molecule has 8 atom stereocenters. The second kappa shape index (κ2) is 18.4. The molecule has 68 heavy (non-hydrogen) atoms. The molecule has 0 aliphatic heterocycles. The molecule has 0 saturated heterocycles. The van der Waals surface area contributed by atoms with Gasteiger partial charge in [-0.15, -0.1) is 0 Å². The van der Waals surface area contributed by atoms with Crippen molar-refractivity contribution in [3.05, 3.63) is 154 Å². The van der Waals surface area contributed by atoms with E-state index >= 15 is 0 Å². The number of allylic oxidation sites excluding steroid dienone is 1. The number of phenols is 3. The Hall–Kier alpha value is -6.78. The number of hydrogen-bond donors (Lipinski definition) is 4. The molecular weight excluding hydrogens is 855 g/mol. The van der Waals surface area contributed by atoms with Crippen molar-refractivity contribution in [2.45, 2.75) is 82.5 Å². The minimum Gasteiger partial charge on any atom is -0.508 e. The van der Waals surface area contributed by atoms with Crippen LogP contribution in [0, 0.1) is 23.2 Å². The second-order valence-electron chi connectivity index (χ2n) is 19.4. The van der Waals surface area contributed by atoms with Crippen LogP contribution in [0.1, 0.15) is 83.4 Å². The molecule has 4 aliphatic carbocycles. The fourth-order valence-electron chi connectivity index (χ4n) is 13.1. The lowest BCUT2D eigenvalue weighted by atomic mass is 9.40. The maximum atomic E-state index is 14.5. The van der Waals surface area contributed by atoms with Crippen LogP contribution in [0.2, 0.25) is 0 Å². The molecule has 0 heterocycles. The summed E-state index contributed by atoms with van der Waals surface area (Å²) in [7, 11) is 5.03. The van der Waals surface area contributed by atoms with Gasteiger partial charge in [-0.3, -0.25) is 9.59 Å². The summed E-state index contributed by atoms with van der Waals surface area (Å²) in [6.45, 7) is 2.15. The van der Waals surface area contributed by atoms with E-state index in [2.05, 4.69) is 41.7 Å². The van der Waals surface area contributed by atoms with E-state index in [1.165, 1.54) is 6.92 Å². The Morgan fingerprint density at radius 3 is 2.32 bits per heavy atom. The van der Waals surface area contributed by atoms with Gasteiger partial charge < -0.3 is 39.6 Å². The Morgan fingerprint density at radius 2 is 1.54 bits per heavy atom. The minimum absolute atomic E-state index is 0.00566. The molecule has 2 fully saturated rings. The molecule has 4 N–H and O–H groups in total. The number of methoxy groups -OCH3 is 2. The number of nitrogens with one attached hydrogen (secondary N) is 1. The molecule has 0 aromatic heterocycles. The second-order valence-corrected chi connectivity index (χ2v) is 19.4. The molecule has 0 amide bonds. The first kappa shape index (κ1) is 45.0. The number of rotatable bonds is 11. The number of benzene rings is 6. The van der Waals surface area contributed by atoms with Crippen molar-refractivity contribution in [1.82, 2.24) is 5.32 Å². The summed E-state index contributed by atoms with van der Waals surface area (Å²) in [4.78, 5) is 27.9. The first-order chi connectivity index (χ1) is 33.0. The largest absolute Gasteiger partial charge is 0.508 e. The Bertz CT molecular complexity index is 2930. The Labute approximate surface area is 397 Å². The number of carbonyl (C=O) groups excluding carboxylic acids is 2. The lowest BCUT2D eigenvalue weighted by Crippen LogP contribution is -2.59. The number of fused-ring (bicyclic) bond motifs is 5. The van der Waals surface area contributed by atoms with E-state index in [-0.39, 0.29) is 59.7 Å². The number of phenolic OH excluding ortho intramolecular Hbond substituents is 3. The smallest absolute Gasteiger partial charge is 0.310 e. The first-order valence-corrected chi connectivity index (χ1v) is 23.9. The highest BCUT2D eigenvalue weighted by Crippen LogP contribution is 2.69. The zero-order valence-electron chi connectivity index (χ0n) is 39.0. The van der Waals surface area contributed by atoms with E-state index in [4.69, 9.17) is 18.9 Å². The lowest BCUT2D eigenvalue weighted by Gasteiger charge is -2.64. The van der Waals surface area contributed by atoms with Gasteiger partial charge in [0.2, 0.25) is 0 Å². The van der Waals surface area contributed by atoms with E-state index in [0.29, 0.717) is 30.9 Å². The van der Waals surface area contributed by atoms with Gasteiger partial charge in [-0.2, -0.15) is 0 Å². The number of carbonyl (C=O) groups is 2. The molecule has 0 radical (unpaired) electrons. The maximum absolute atomic E-state index is 14.5. The van der Waals surface area contributed by atoms with E-state index < -0.39 is 29.6 Å². The predicted molar refractivity (Wildman–Crippen MR) is 262 cm³/mol. The van der Waals surface area contributed by atoms with E-state index in [0.717, 1.165) is 80.1 Å². The zero-order valence-corrected chi connectivity index (χ0v) is 39.0. The van der Waals surface area contributed by atoms with Crippen LogP contribution in [0.4, 0.5) is 0 Å². The number of esters is 2. The van der Waals surface area contributed by atoms with Crippen molar-refractivity contribution in [3.63, 3.8) is 0 Å². The number of aromatic hydroxyl groups is 3. The summed E-state index contributed by atoms with van der Waals surface area (Å²) in [6.07, 6.45) is 7.08. The molecule has 6 aromatic carbocycles. The predicted octanol–water partition coefficient (Wildman–Crippen LogP) is 10.6. The summed E-state index contributed by atoms with van der Waals surface area (Å²) >= 11 is 0.